The first-order valence-electron chi connectivity index (χ1n) is 9.30. The maximum Gasteiger partial charge on any atom is 0.219 e. The molecule has 2 aromatic heterocycles. The standard InChI is InChI=1S/C22H21BrN4O2/c1-3-15-7-4-5-8-20(15)28-11-6-12-29-22-18(14-24-27(22)2)16-9-10-19-17(13-16)21(23)26-25-19/h3-5,7-10,13-14H,1,6,11-12H2,2H3,(H,25,26). The highest BCUT2D eigenvalue weighted by Crippen LogP contribution is 2.33. The van der Waals surface area contributed by atoms with Gasteiger partial charge in [0.15, 0.2) is 0 Å². The van der Waals surface area contributed by atoms with Crippen molar-refractivity contribution in [3.05, 3.63) is 65.4 Å². The van der Waals surface area contributed by atoms with Gasteiger partial charge in [0.25, 0.3) is 0 Å². The van der Waals surface area contributed by atoms with Gasteiger partial charge in [0, 0.05) is 24.4 Å². The van der Waals surface area contributed by atoms with E-state index in [1.807, 2.05) is 49.6 Å². The lowest BCUT2D eigenvalue weighted by molar-refractivity contribution is 0.236. The molecule has 0 aliphatic carbocycles. The first-order chi connectivity index (χ1) is 14.2. The van der Waals surface area contributed by atoms with Crippen molar-refractivity contribution in [2.24, 2.45) is 7.05 Å². The topological polar surface area (TPSA) is 65.0 Å². The second-order valence-electron chi connectivity index (χ2n) is 6.55. The number of aromatic amines is 1. The van der Waals surface area contributed by atoms with Gasteiger partial charge in [0.05, 0.1) is 30.5 Å². The van der Waals surface area contributed by atoms with Gasteiger partial charge >= 0.3 is 0 Å². The number of rotatable bonds is 8. The summed E-state index contributed by atoms with van der Waals surface area (Å²) in [5.41, 5.74) is 3.87. The third kappa shape index (κ3) is 4.05. The molecular formula is C22H21BrN4O2. The van der Waals surface area contributed by atoms with Crippen LogP contribution >= 0.6 is 15.9 Å². The van der Waals surface area contributed by atoms with Crippen molar-refractivity contribution in [3.63, 3.8) is 0 Å². The lowest BCUT2D eigenvalue weighted by atomic mass is 10.1. The van der Waals surface area contributed by atoms with Crippen LogP contribution in [-0.4, -0.2) is 33.2 Å². The van der Waals surface area contributed by atoms with Gasteiger partial charge in [-0.15, -0.1) is 0 Å². The number of para-hydroxylation sites is 1. The van der Waals surface area contributed by atoms with Crippen molar-refractivity contribution in [1.82, 2.24) is 20.0 Å². The molecule has 7 heteroatoms. The molecule has 0 amide bonds. The number of nitrogens with zero attached hydrogens (tertiary/aromatic N) is 3. The van der Waals surface area contributed by atoms with Crippen molar-refractivity contribution in [2.45, 2.75) is 6.42 Å². The van der Waals surface area contributed by atoms with Crippen LogP contribution in [0.5, 0.6) is 11.6 Å². The van der Waals surface area contributed by atoms with E-state index in [1.165, 1.54) is 0 Å². The summed E-state index contributed by atoms with van der Waals surface area (Å²) in [6, 6.07) is 13.9. The SMILES string of the molecule is C=Cc1ccccc1OCCCOc1c(-c2ccc3n[nH]c(Br)c3c2)cnn1C. The van der Waals surface area contributed by atoms with E-state index in [-0.39, 0.29) is 0 Å². The fourth-order valence-corrected chi connectivity index (χ4v) is 3.54. The average Bonchev–Trinajstić information content (AvgIpc) is 3.30. The van der Waals surface area contributed by atoms with Gasteiger partial charge in [0.1, 0.15) is 10.4 Å². The smallest absolute Gasteiger partial charge is 0.219 e. The molecule has 2 aromatic carbocycles. The number of aromatic nitrogens is 4. The van der Waals surface area contributed by atoms with Crippen LogP contribution in [0.1, 0.15) is 12.0 Å². The largest absolute Gasteiger partial charge is 0.493 e. The molecule has 0 saturated carbocycles. The zero-order valence-electron chi connectivity index (χ0n) is 16.1. The number of hydrogen-bond acceptors (Lipinski definition) is 4. The van der Waals surface area contributed by atoms with E-state index in [0.29, 0.717) is 13.2 Å². The molecule has 0 aliphatic rings. The van der Waals surface area contributed by atoms with E-state index >= 15 is 0 Å². The molecule has 0 saturated heterocycles. The number of fused-ring (bicyclic) bond motifs is 1. The minimum atomic E-state index is 0.528. The highest BCUT2D eigenvalue weighted by Gasteiger charge is 2.14. The van der Waals surface area contributed by atoms with Gasteiger partial charge < -0.3 is 9.47 Å². The maximum absolute atomic E-state index is 6.05. The van der Waals surface area contributed by atoms with E-state index in [2.05, 4.69) is 43.9 Å². The van der Waals surface area contributed by atoms with Crippen LogP contribution in [0.3, 0.4) is 0 Å². The van der Waals surface area contributed by atoms with Crippen molar-refractivity contribution in [2.75, 3.05) is 13.2 Å². The third-order valence-electron chi connectivity index (χ3n) is 4.63. The summed E-state index contributed by atoms with van der Waals surface area (Å²) in [7, 11) is 1.88. The normalized spacial score (nSPS) is 11.0. The third-order valence-corrected chi connectivity index (χ3v) is 5.23. The van der Waals surface area contributed by atoms with E-state index in [1.54, 1.807) is 10.8 Å². The van der Waals surface area contributed by atoms with Gasteiger partial charge in [-0.25, -0.2) is 4.68 Å². The molecule has 29 heavy (non-hydrogen) atoms. The number of hydrogen-bond donors (Lipinski definition) is 1. The zero-order valence-corrected chi connectivity index (χ0v) is 17.6. The minimum absolute atomic E-state index is 0.528. The molecule has 0 fully saturated rings. The lowest BCUT2D eigenvalue weighted by Crippen LogP contribution is -2.08. The fourth-order valence-electron chi connectivity index (χ4n) is 3.13. The summed E-state index contributed by atoms with van der Waals surface area (Å²) < 4.78 is 14.5. The van der Waals surface area contributed by atoms with Crippen LogP contribution in [0.15, 0.2) is 59.8 Å². The molecule has 4 rings (SSSR count). The van der Waals surface area contributed by atoms with Gasteiger partial charge in [-0.2, -0.15) is 10.2 Å². The first kappa shape index (κ1) is 19.3. The van der Waals surface area contributed by atoms with Crippen LogP contribution in [0.4, 0.5) is 0 Å². The van der Waals surface area contributed by atoms with Crippen molar-refractivity contribution in [1.29, 1.82) is 0 Å². The Morgan fingerprint density at radius 2 is 2.00 bits per heavy atom. The lowest BCUT2D eigenvalue weighted by Gasteiger charge is -2.11. The van der Waals surface area contributed by atoms with Gasteiger partial charge in [-0.05, 0) is 39.7 Å². The van der Waals surface area contributed by atoms with Crippen LogP contribution in [0, 0.1) is 0 Å². The number of H-pyrrole nitrogens is 1. The molecule has 0 radical (unpaired) electrons. The Balaban J connectivity index is 1.41. The van der Waals surface area contributed by atoms with Crippen molar-refractivity contribution >= 4 is 32.9 Å². The summed E-state index contributed by atoms with van der Waals surface area (Å²) in [5.74, 6) is 1.57. The Bertz CT molecular complexity index is 1150. The highest BCUT2D eigenvalue weighted by molar-refractivity contribution is 9.10. The molecule has 0 bridgehead atoms. The quantitative estimate of drug-likeness (QED) is 0.372. The van der Waals surface area contributed by atoms with Crippen molar-refractivity contribution in [3.8, 4) is 22.8 Å². The molecule has 0 aliphatic heterocycles. The van der Waals surface area contributed by atoms with Gasteiger partial charge in [-0.3, -0.25) is 5.10 Å². The minimum Gasteiger partial charge on any atom is -0.493 e. The Hall–Kier alpha value is -3.06. The molecular weight excluding hydrogens is 432 g/mol. The van der Waals surface area contributed by atoms with E-state index in [9.17, 15) is 0 Å². The molecule has 6 nitrogen and oxygen atoms in total. The first-order valence-corrected chi connectivity index (χ1v) is 10.1. The Morgan fingerprint density at radius 3 is 2.86 bits per heavy atom. The monoisotopic (exact) mass is 452 g/mol. The second kappa shape index (κ2) is 8.53. The molecule has 0 atom stereocenters. The molecule has 0 spiro atoms. The average molecular weight is 453 g/mol. The maximum atomic E-state index is 6.05. The Morgan fingerprint density at radius 1 is 1.17 bits per heavy atom. The van der Waals surface area contributed by atoms with Crippen LogP contribution in [0.25, 0.3) is 28.1 Å². The van der Waals surface area contributed by atoms with Gasteiger partial charge in [-0.1, -0.05) is 36.9 Å². The summed E-state index contributed by atoms with van der Waals surface area (Å²) in [4.78, 5) is 0. The molecule has 2 heterocycles. The number of halogens is 1. The van der Waals surface area contributed by atoms with E-state index in [0.717, 1.165) is 50.2 Å². The molecule has 148 valence electrons. The highest BCUT2D eigenvalue weighted by atomic mass is 79.9. The molecule has 4 aromatic rings. The molecule has 0 unspecified atom stereocenters. The zero-order chi connectivity index (χ0) is 20.2. The van der Waals surface area contributed by atoms with E-state index < -0.39 is 0 Å². The summed E-state index contributed by atoms with van der Waals surface area (Å²) in [6.07, 6.45) is 4.37. The predicted molar refractivity (Wildman–Crippen MR) is 118 cm³/mol. The Labute approximate surface area is 177 Å². The Kier molecular flexibility index (Phi) is 5.67. The molecule has 1 N–H and O–H groups in total. The summed E-state index contributed by atoms with van der Waals surface area (Å²) in [6.45, 7) is 4.91. The predicted octanol–water partition coefficient (Wildman–Crippen LogP) is 5.22. The van der Waals surface area contributed by atoms with E-state index in [4.69, 9.17) is 9.47 Å². The van der Waals surface area contributed by atoms with Crippen LogP contribution in [0.2, 0.25) is 0 Å². The van der Waals surface area contributed by atoms with Crippen LogP contribution < -0.4 is 9.47 Å². The number of benzene rings is 2. The number of aryl methyl sites for hydroxylation is 1. The second-order valence-corrected chi connectivity index (χ2v) is 7.34. The van der Waals surface area contributed by atoms with Crippen molar-refractivity contribution < 1.29 is 9.47 Å². The van der Waals surface area contributed by atoms with Crippen LogP contribution in [-0.2, 0) is 7.05 Å². The van der Waals surface area contributed by atoms with Gasteiger partial charge in [0.2, 0.25) is 5.88 Å². The summed E-state index contributed by atoms with van der Waals surface area (Å²) >= 11 is 3.50. The fraction of sp³-hybridized carbons (Fsp3) is 0.182. The number of nitrogens with one attached hydrogen (secondary N) is 1. The number of ether oxygens (including phenoxy) is 2. The summed E-state index contributed by atoms with van der Waals surface area (Å²) in [5, 5.41) is 12.6.